The van der Waals surface area contributed by atoms with E-state index in [4.69, 9.17) is 38.6 Å². The van der Waals surface area contributed by atoms with Crippen molar-refractivity contribution >= 4 is 67.2 Å². The molecule has 8 heterocycles. The number of rotatable bonds is 26. The zero-order chi connectivity index (χ0) is 74.5. The number of aliphatic hydroxyl groups excluding tert-OH is 4. The predicted molar refractivity (Wildman–Crippen MR) is 400 cm³/mol. The third-order valence-electron chi connectivity index (χ3n) is 17.4. The molecule has 0 aliphatic carbocycles. The van der Waals surface area contributed by atoms with E-state index in [0.29, 0.717) is 76.5 Å². The number of aryl methyl sites for hydroxylation is 5. The second-order valence-electron chi connectivity index (χ2n) is 24.8. The van der Waals surface area contributed by atoms with Crippen molar-refractivity contribution in [2.24, 2.45) is 14.1 Å². The predicted octanol–water partition coefficient (Wildman–Crippen LogP) is 10.1. The van der Waals surface area contributed by atoms with E-state index >= 15 is 0 Å². The van der Waals surface area contributed by atoms with Gasteiger partial charge in [0, 0.05) is 151 Å². The van der Waals surface area contributed by atoms with Crippen LogP contribution in [0.2, 0.25) is 0 Å². The van der Waals surface area contributed by atoms with E-state index in [9.17, 15) is 24.8 Å². The normalized spacial score (nSPS) is 12.1. The van der Waals surface area contributed by atoms with Gasteiger partial charge in [-0.05, 0) is 81.4 Å². The van der Waals surface area contributed by atoms with Crippen LogP contribution in [0.1, 0.15) is 18.6 Å². The van der Waals surface area contributed by atoms with Gasteiger partial charge in [-0.1, -0.05) is 0 Å². The van der Waals surface area contributed by atoms with Crippen molar-refractivity contribution in [3.8, 4) is 62.5 Å². The van der Waals surface area contributed by atoms with Crippen LogP contribution >= 0.6 is 0 Å². The lowest BCUT2D eigenvalue weighted by Crippen LogP contribution is -2.32. The van der Waals surface area contributed by atoms with Crippen molar-refractivity contribution in [2.75, 3.05) is 76.5 Å². The number of ether oxygens (including phenoxy) is 5. The summed E-state index contributed by atoms with van der Waals surface area (Å²) in [5, 5.41) is 58.7. The van der Waals surface area contributed by atoms with Gasteiger partial charge < -0.3 is 63.4 Å². The summed E-state index contributed by atoms with van der Waals surface area (Å²) in [6.45, 7) is 7.44. The molecule has 6 aromatic carbocycles. The Kier molecular flexibility index (Phi) is 23.0. The summed E-state index contributed by atoms with van der Waals surface area (Å²) in [7, 11) is 11.6. The van der Waals surface area contributed by atoms with Crippen molar-refractivity contribution in [1.29, 1.82) is 0 Å². The summed E-state index contributed by atoms with van der Waals surface area (Å²) in [5.41, 5.74) is 13.5. The SMILES string of the molecule is CCn1cc(-c2cnc3ccc(N(CC(O)CO)c4cc(F)cc(OC)c4)cc3n2)cn1.COc1cc(OC)cc(N(CC(O)Cn2ccnc2C)c2ccc3ncc(-c4cnn(C)c4)nc3c2)c1.COc1cc(OC)cc(N(CC(O)Cn2ncnc2C)c2ccc3ncc(-c4cnn(C)c4)nc3c2)c1. The average Bonchev–Trinajstić information content (AvgIpc) is 0.968. The molecule has 0 radical (unpaired) electrons. The molecule has 0 aliphatic rings. The standard InChI is InChI=1S/C27H29N7O3.C26H28N8O3.C23H24FN5O3/c1-18-28-7-8-33(18)16-22(35)17-34(21-9-23(36-3)12-24(10-21)37-4)20-5-6-25-26(11-20)31-27(14-29-25)19-13-30-32(2)15-19;1-17-28-16-30-34(17)15-21(35)14-33(20-7-22(36-3)10-23(8-20)37-4)19-5-6-24-25(9-19)31-26(12-27-24)18-11-29-32(2)13-18;1-3-28-12-15(10-26-28)23-11-25-21-5-4-17(9-22(21)27-23)29(13-19(31)14-30)18-6-16(24)7-20(8-18)32-2/h5-15,22,35H,16-17H2,1-4H3;5-13,16,21,35H,14-15H2,1-4H3;4-12,19,30-31H,3,13-14H2,1-2H3. The van der Waals surface area contributed by atoms with Crippen molar-refractivity contribution in [2.45, 2.75) is 58.7 Å². The molecule has 30 heteroatoms. The molecule has 0 fully saturated rings. The molecule has 106 heavy (non-hydrogen) atoms. The Morgan fingerprint density at radius 1 is 0.434 bits per heavy atom. The second kappa shape index (κ2) is 33.3. The zero-order valence-corrected chi connectivity index (χ0v) is 60.2. The Hall–Kier alpha value is -12.5. The van der Waals surface area contributed by atoms with Crippen LogP contribution in [0.25, 0.3) is 66.9 Å². The minimum absolute atomic E-state index is 0.0466. The molecular weight excluding hydrogens is 1360 g/mol. The lowest BCUT2D eigenvalue weighted by molar-refractivity contribution is 0.102. The minimum Gasteiger partial charge on any atom is -0.497 e. The number of hydrogen-bond acceptors (Lipinski definition) is 24. The molecule has 0 amide bonds. The highest BCUT2D eigenvalue weighted by Gasteiger charge is 2.23. The van der Waals surface area contributed by atoms with E-state index in [2.05, 4.69) is 45.3 Å². The molecule has 14 rings (SSSR count). The average molecular weight is 1440 g/mol. The number of anilines is 6. The van der Waals surface area contributed by atoms with Gasteiger partial charge in [0.1, 0.15) is 52.5 Å². The van der Waals surface area contributed by atoms with E-state index in [-0.39, 0.29) is 13.1 Å². The summed E-state index contributed by atoms with van der Waals surface area (Å²) >= 11 is 0. The second-order valence-corrected chi connectivity index (χ2v) is 24.8. The summed E-state index contributed by atoms with van der Waals surface area (Å²) in [6.07, 6.45) is 18.8. The fraction of sp³-hybridized carbons (Fsp3) is 0.263. The number of methoxy groups -OCH3 is 5. The van der Waals surface area contributed by atoms with Gasteiger partial charge in [-0.3, -0.25) is 29.0 Å². The van der Waals surface area contributed by atoms with Gasteiger partial charge in [-0.2, -0.15) is 20.4 Å². The Morgan fingerprint density at radius 3 is 1.23 bits per heavy atom. The maximum absolute atomic E-state index is 14.2. The van der Waals surface area contributed by atoms with Crippen LogP contribution in [-0.2, 0) is 33.7 Å². The van der Waals surface area contributed by atoms with Crippen LogP contribution in [0.5, 0.6) is 28.7 Å². The largest absolute Gasteiger partial charge is 0.497 e. The molecule has 546 valence electrons. The van der Waals surface area contributed by atoms with Crippen molar-refractivity contribution in [3.63, 3.8) is 0 Å². The van der Waals surface area contributed by atoms with Gasteiger partial charge in [0.2, 0.25) is 0 Å². The maximum Gasteiger partial charge on any atom is 0.138 e. The van der Waals surface area contributed by atoms with Crippen LogP contribution in [0, 0.1) is 19.7 Å². The first-order chi connectivity index (χ1) is 51.4. The Bertz CT molecular complexity index is 5040. The number of fused-ring (bicyclic) bond motifs is 3. The fourth-order valence-electron chi connectivity index (χ4n) is 11.8. The molecule has 8 aromatic heterocycles. The number of hydrogen-bond donors (Lipinski definition) is 4. The summed E-state index contributed by atoms with van der Waals surface area (Å²) in [5.74, 6) is 4.03. The van der Waals surface area contributed by atoms with E-state index in [1.54, 1.807) is 96.8 Å². The third kappa shape index (κ3) is 17.6. The number of benzene rings is 6. The zero-order valence-electron chi connectivity index (χ0n) is 60.2. The van der Waals surface area contributed by atoms with Crippen molar-refractivity contribution in [3.05, 3.63) is 201 Å². The molecule has 3 unspecified atom stereocenters. The number of nitrogens with zero attached hydrogens (tertiary/aromatic N) is 20. The van der Waals surface area contributed by atoms with Crippen LogP contribution in [-0.4, -0.2) is 184 Å². The molecule has 0 spiro atoms. The topological polar surface area (TPSA) is 316 Å². The molecule has 0 aliphatic heterocycles. The van der Waals surface area contributed by atoms with E-state index in [0.717, 1.165) is 91.1 Å². The Balaban J connectivity index is 0.000000150. The Labute approximate surface area is 609 Å². The highest BCUT2D eigenvalue weighted by Crippen LogP contribution is 2.38. The molecule has 0 saturated heterocycles. The number of halogens is 1. The third-order valence-corrected chi connectivity index (χ3v) is 17.4. The number of imidazole rings is 1. The summed E-state index contributed by atoms with van der Waals surface area (Å²) in [6, 6.07) is 32.7. The first kappa shape index (κ1) is 73.2. The highest BCUT2D eigenvalue weighted by atomic mass is 19.1. The van der Waals surface area contributed by atoms with E-state index < -0.39 is 30.7 Å². The summed E-state index contributed by atoms with van der Waals surface area (Å²) in [4.78, 5) is 42.2. The van der Waals surface area contributed by atoms with Gasteiger partial charge in [-0.25, -0.2) is 34.0 Å². The molecule has 14 aromatic rings. The molecular formula is C76H81FN20O9. The lowest BCUT2D eigenvalue weighted by Gasteiger charge is -2.28. The van der Waals surface area contributed by atoms with E-state index in [1.807, 2.05) is 170 Å². The van der Waals surface area contributed by atoms with Crippen LogP contribution in [0.15, 0.2) is 184 Å². The van der Waals surface area contributed by atoms with E-state index in [1.165, 1.54) is 25.6 Å². The smallest absolute Gasteiger partial charge is 0.138 e. The fourth-order valence-corrected chi connectivity index (χ4v) is 11.8. The highest BCUT2D eigenvalue weighted by molar-refractivity contribution is 5.85. The first-order valence-electron chi connectivity index (χ1n) is 33.8. The number of aromatic nitrogens is 17. The molecule has 0 bridgehead atoms. The van der Waals surface area contributed by atoms with Crippen LogP contribution in [0.3, 0.4) is 0 Å². The van der Waals surface area contributed by atoms with Crippen LogP contribution < -0.4 is 38.4 Å². The molecule has 3 atom stereocenters. The van der Waals surface area contributed by atoms with Gasteiger partial charge in [0.25, 0.3) is 0 Å². The van der Waals surface area contributed by atoms with Crippen molar-refractivity contribution < 1.29 is 48.5 Å². The molecule has 0 saturated carbocycles. The van der Waals surface area contributed by atoms with Crippen molar-refractivity contribution in [1.82, 2.24) is 83.6 Å². The van der Waals surface area contributed by atoms with Gasteiger partial charge in [0.05, 0.1) is 181 Å². The first-order valence-corrected chi connectivity index (χ1v) is 33.8. The quantitative estimate of drug-likeness (QED) is 0.0391. The molecule has 4 N–H and O–H groups in total. The maximum atomic E-state index is 14.2. The molecule has 29 nitrogen and oxygen atoms in total. The van der Waals surface area contributed by atoms with Gasteiger partial charge in [-0.15, -0.1) is 0 Å². The van der Waals surface area contributed by atoms with Crippen LogP contribution in [0.4, 0.5) is 38.5 Å². The lowest BCUT2D eigenvalue weighted by atomic mass is 10.1. The minimum atomic E-state index is -1.03. The van der Waals surface area contributed by atoms with Gasteiger partial charge >= 0.3 is 0 Å². The van der Waals surface area contributed by atoms with Gasteiger partial charge in [0.15, 0.2) is 0 Å². The summed E-state index contributed by atoms with van der Waals surface area (Å²) < 4.78 is 50.3. The monoisotopic (exact) mass is 1440 g/mol. The Morgan fingerprint density at radius 2 is 0.849 bits per heavy atom. The number of aliphatic hydroxyl groups is 4.